The Bertz CT molecular complexity index is 1140. The van der Waals surface area contributed by atoms with Gasteiger partial charge < -0.3 is 24.4 Å². The van der Waals surface area contributed by atoms with Gasteiger partial charge in [0.15, 0.2) is 0 Å². The highest BCUT2D eigenvalue weighted by molar-refractivity contribution is 5.99. The van der Waals surface area contributed by atoms with Crippen LogP contribution in [0.5, 0.6) is 0 Å². The van der Waals surface area contributed by atoms with Gasteiger partial charge in [0.05, 0.1) is 31.3 Å². The number of hydrogen-bond donors (Lipinski definition) is 1. The lowest BCUT2D eigenvalue weighted by Crippen LogP contribution is -2.60. The van der Waals surface area contributed by atoms with Gasteiger partial charge in [-0.15, -0.1) is 0 Å². The van der Waals surface area contributed by atoms with Gasteiger partial charge in [0.1, 0.15) is 17.6 Å². The molecule has 8 nitrogen and oxygen atoms in total. The van der Waals surface area contributed by atoms with Gasteiger partial charge in [-0.05, 0) is 37.7 Å². The molecule has 1 aliphatic carbocycles. The van der Waals surface area contributed by atoms with Crippen molar-refractivity contribution < 1.29 is 29.0 Å². The third-order valence-electron chi connectivity index (χ3n) is 9.25. The van der Waals surface area contributed by atoms with Gasteiger partial charge in [-0.25, -0.2) is 0 Å². The lowest BCUT2D eigenvalue weighted by Gasteiger charge is -2.41. The first-order valence-electron chi connectivity index (χ1n) is 14.5. The van der Waals surface area contributed by atoms with Gasteiger partial charge >= 0.3 is 5.97 Å². The molecule has 3 fully saturated rings. The Morgan fingerprint density at radius 1 is 1.00 bits per heavy atom. The second-order valence-electron chi connectivity index (χ2n) is 11.5. The van der Waals surface area contributed by atoms with E-state index in [4.69, 9.17) is 9.47 Å². The van der Waals surface area contributed by atoms with Crippen LogP contribution < -0.4 is 0 Å². The summed E-state index contributed by atoms with van der Waals surface area (Å²) >= 11 is 0. The predicted molar refractivity (Wildman–Crippen MR) is 143 cm³/mol. The molecule has 2 saturated heterocycles. The van der Waals surface area contributed by atoms with Gasteiger partial charge in [-0.1, -0.05) is 73.9 Å². The van der Waals surface area contributed by atoms with Gasteiger partial charge in [0.25, 0.3) is 0 Å². The Hall–Kier alpha value is -2.97. The average Bonchev–Trinajstić information content (AvgIpc) is 3.37. The van der Waals surface area contributed by atoms with E-state index >= 15 is 0 Å². The number of hydrogen-bond acceptors (Lipinski definition) is 6. The van der Waals surface area contributed by atoms with Crippen LogP contribution in [0.4, 0.5) is 0 Å². The highest BCUT2D eigenvalue weighted by atomic mass is 16.6. The summed E-state index contributed by atoms with van der Waals surface area (Å²) in [5.41, 5.74) is -0.348. The predicted octanol–water partition coefficient (Wildman–Crippen LogP) is 2.80. The molecule has 2 amide bonds. The molecule has 1 N–H and O–H groups in total. The van der Waals surface area contributed by atoms with Gasteiger partial charge in [-0.2, -0.15) is 0 Å². The number of carbonyl (C=O) groups excluding carboxylic acids is 3. The zero-order chi connectivity index (χ0) is 27.0. The summed E-state index contributed by atoms with van der Waals surface area (Å²) in [6.45, 7) is 0.418. The number of aliphatic hydroxyl groups excluding tert-OH is 1. The minimum atomic E-state index is -1.31. The third-order valence-corrected chi connectivity index (χ3v) is 9.25. The summed E-state index contributed by atoms with van der Waals surface area (Å²) in [6.07, 6.45) is 14.0. The first kappa shape index (κ1) is 26.3. The summed E-state index contributed by atoms with van der Waals surface area (Å²) in [7, 11) is 0. The van der Waals surface area contributed by atoms with Crippen molar-refractivity contribution >= 4 is 17.8 Å². The molecule has 5 aliphatic rings. The van der Waals surface area contributed by atoms with E-state index in [-0.39, 0.29) is 31.1 Å². The molecule has 4 heterocycles. The SMILES string of the molecule is O=C1OCCC/C=C\[C@H]2O[C@]34C=CCN(C5CCCCC5)C(=O)C3N([C@@H](CO)Cc3ccccc3)C(=O)[C@@H]4[C@@H]12. The molecule has 6 rings (SSSR count). The van der Waals surface area contributed by atoms with Gasteiger partial charge in [-0.3, -0.25) is 14.4 Å². The van der Waals surface area contributed by atoms with Gasteiger partial charge in [0, 0.05) is 12.6 Å². The smallest absolute Gasteiger partial charge is 0.312 e. The fourth-order valence-corrected chi connectivity index (χ4v) is 7.46. The fourth-order valence-electron chi connectivity index (χ4n) is 7.46. The number of fused-ring (bicyclic) bond motifs is 2. The maximum absolute atomic E-state index is 14.6. The van der Waals surface area contributed by atoms with Crippen LogP contribution in [-0.2, 0) is 30.3 Å². The maximum atomic E-state index is 14.6. The second-order valence-corrected chi connectivity index (χ2v) is 11.5. The van der Waals surface area contributed by atoms with Crippen LogP contribution in [0.15, 0.2) is 54.6 Å². The molecule has 1 unspecified atom stereocenters. The Balaban J connectivity index is 1.44. The van der Waals surface area contributed by atoms with Crippen molar-refractivity contribution in [3.05, 3.63) is 60.2 Å². The summed E-state index contributed by atoms with van der Waals surface area (Å²) in [4.78, 5) is 45.9. The standard InChI is InChI=1S/C31H38N2O6/c34-20-23(19-21-11-4-1-5-12-21)33-27-29(36)32(22-13-6-2-7-14-22)17-10-16-31(27)26(28(33)35)25-24(39-31)15-8-3-9-18-38-30(25)37/h1,4-5,8,10-12,15-16,22-27,34H,2-3,6-7,9,13-14,17-20H2/b15-8-/t23-,24-,25+,26+,27?,31+/m1/s1. The molecule has 0 aromatic heterocycles. The van der Waals surface area contributed by atoms with Crippen LogP contribution in [0.25, 0.3) is 0 Å². The Labute approximate surface area is 229 Å². The largest absolute Gasteiger partial charge is 0.465 e. The molecule has 208 valence electrons. The number of nitrogens with zero attached hydrogens (tertiary/aromatic N) is 2. The summed E-state index contributed by atoms with van der Waals surface area (Å²) in [5, 5.41) is 10.6. The van der Waals surface area contributed by atoms with Crippen LogP contribution in [0.3, 0.4) is 0 Å². The molecule has 39 heavy (non-hydrogen) atoms. The van der Waals surface area contributed by atoms with Crippen LogP contribution in [-0.4, -0.2) is 82.3 Å². The first-order chi connectivity index (χ1) is 19.0. The van der Waals surface area contributed by atoms with Crippen molar-refractivity contribution in [2.45, 2.75) is 81.2 Å². The van der Waals surface area contributed by atoms with E-state index in [0.29, 0.717) is 19.4 Å². The number of allylic oxidation sites excluding steroid dienone is 1. The molecule has 1 aromatic rings. The lowest BCUT2D eigenvalue weighted by molar-refractivity contribution is -0.156. The van der Waals surface area contributed by atoms with Crippen LogP contribution >= 0.6 is 0 Å². The zero-order valence-corrected chi connectivity index (χ0v) is 22.3. The molecular formula is C31H38N2O6. The summed E-state index contributed by atoms with van der Waals surface area (Å²) in [5.74, 6) is -2.69. The molecule has 6 atom stereocenters. The maximum Gasteiger partial charge on any atom is 0.312 e. The van der Waals surface area contributed by atoms with E-state index in [1.807, 2.05) is 59.5 Å². The topological polar surface area (TPSA) is 96.4 Å². The van der Waals surface area contributed by atoms with E-state index in [2.05, 4.69) is 0 Å². The minimum Gasteiger partial charge on any atom is -0.465 e. The fraction of sp³-hybridized carbons (Fsp3) is 0.581. The third kappa shape index (κ3) is 4.51. The van der Waals surface area contributed by atoms with Crippen molar-refractivity contribution in [3.63, 3.8) is 0 Å². The van der Waals surface area contributed by atoms with Crippen LogP contribution in [0, 0.1) is 11.8 Å². The highest BCUT2D eigenvalue weighted by Crippen LogP contribution is 2.54. The van der Waals surface area contributed by atoms with Gasteiger partial charge in [0.2, 0.25) is 11.8 Å². The van der Waals surface area contributed by atoms with Crippen molar-refractivity contribution in [2.24, 2.45) is 11.8 Å². The average molecular weight is 535 g/mol. The number of likely N-dealkylation sites (tertiary alicyclic amines) is 1. The normalized spacial score (nSPS) is 34.7. The number of rotatable bonds is 5. The number of amides is 2. The Morgan fingerprint density at radius 3 is 2.56 bits per heavy atom. The number of aliphatic hydroxyl groups is 1. The monoisotopic (exact) mass is 534 g/mol. The molecule has 4 aliphatic heterocycles. The van der Waals surface area contributed by atoms with E-state index in [9.17, 15) is 19.5 Å². The minimum absolute atomic E-state index is 0.104. The summed E-state index contributed by atoms with van der Waals surface area (Å²) in [6, 6.07) is 8.17. The molecule has 1 aromatic carbocycles. The molecule has 0 bridgehead atoms. The quantitative estimate of drug-likeness (QED) is 0.461. The number of carbonyl (C=O) groups is 3. The van der Waals surface area contributed by atoms with E-state index in [0.717, 1.165) is 37.7 Å². The van der Waals surface area contributed by atoms with Crippen molar-refractivity contribution in [1.82, 2.24) is 9.80 Å². The summed E-state index contributed by atoms with van der Waals surface area (Å²) < 4.78 is 12.3. The number of cyclic esters (lactones) is 1. The first-order valence-corrected chi connectivity index (χ1v) is 14.5. The van der Waals surface area contributed by atoms with E-state index in [1.165, 1.54) is 6.42 Å². The second kappa shape index (κ2) is 10.9. The van der Waals surface area contributed by atoms with Crippen molar-refractivity contribution in [3.8, 4) is 0 Å². The number of esters is 1. The van der Waals surface area contributed by atoms with E-state index in [1.54, 1.807) is 4.90 Å². The highest BCUT2D eigenvalue weighted by Gasteiger charge is 2.72. The van der Waals surface area contributed by atoms with Crippen molar-refractivity contribution in [2.75, 3.05) is 19.8 Å². The zero-order valence-electron chi connectivity index (χ0n) is 22.3. The Morgan fingerprint density at radius 2 is 1.79 bits per heavy atom. The van der Waals surface area contributed by atoms with E-state index < -0.39 is 41.6 Å². The number of benzene rings is 1. The molecule has 0 radical (unpaired) electrons. The Kier molecular flexibility index (Phi) is 7.33. The van der Waals surface area contributed by atoms with Crippen LogP contribution in [0.1, 0.15) is 50.5 Å². The molecule has 1 spiro atoms. The molecular weight excluding hydrogens is 496 g/mol. The molecule has 1 saturated carbocycles. The number of ether oxygens (including phenoxy) is 2. The van der Waals surface area contributed by atoms with Crippen molar-refractivity contribution in [1.29, 1.82) is 0 Å². The molecule has 8 heteroatoms. The lowest BCUT2D eigenvalue weighted by atomic mass is 9.78. The van der Waals surface area contributed by atoms with Crippen LogP contribution in [0.2, 0.25) is 0 Å².